The predicted octanol–water partition coefficient (Wildman–Crippen LogP) is 17.1. The van der Waals surface area contributed by atoms with Crippen LogP contribution >= 0.6 is 0 Å². The van der Waals surface area contributed by atoms with Gasteiger partial charge in [0.05, 0.1) is 0 Å². The Kier molecular flexibility index (Phi) is 48.5. The topological polar surface area (TPSA) is 78.9 Å². The molecule has 1 unspecified atom stereocenters. The van der Waals surface area contributed by atoms with E-state index in [1.165, 1.54) is 103 Å². The molecule has 0 aromatic carbocycles. The maximum atomic E-state index is 12.8. The molecule has 0 aliphatic heterocycles. The van der Waals surface area contributed by atoms with Gasteiger partial charge in [0, 0.05) is 19.3 Å². The molecule has 0 bridgehead atoms. The van der Waals surface area contributed by atoms with Crippen LogP contribution in [-0.4, -0.2) is 37.2 Å². The van der Waals surface area contributed by atoms with Crippen LogP contribution in [0.15, 0.2) is 109 Å². The maximum absolute atomic E-state index is 12.8. The van der Waals surface area contributed by atoms with Gasteiger partial charge in [-0.05, 0) is 89.9 Å². The molecule has 6 nitrogen and oxygen atoms in total. The highest BCUT2D eigenvalue weighted by molar-refractivity contribution is 5.71. The number of rotatable bonds is 45. The second kappa shape index (κ2) is 51.7. The van der Waals surface area contributed by atoms with E-state index in [0.717, 1.165) is 64.2 Å². The fraction of sp³-hybridized carbons (Fsp3) is 0.638. The van der Waals surface area contributed by atoms with Crippen LogP contribution in [0.25, 0.3) is 0 Å². The molecular weight excluding hydrogens is 793 g/mol. The van der Waals surface area contributed by atoms with Crippen LogP contribution in [0.4, 0.5) is 0 Å². The molecule has 1 atom stereocenters. The maximum Gasteiger partial charge on any atom is 0.306 e. The van der Waals surface area contributed by atoms with Gasteiger partial charge in [-0.2, -0.15) is 0 Å². The molecule has 0 aliphatic rings. The van der Waals surface area contributed by atoms with Gasteiger partial charge in [-0.25, -0.2) is 0 Å². The monoisotopic (exact) mass is 887 g/mol. The normalized spacial score (nSPS) is 13.0. The molecule has 0 aromatic rings. The molecule has 6 heteroatoms. The van der Waals surface area contributed by atoms with Crippen molar-refractivity contribution in [2.45, 2.75) is 226 Å². The summed E-state index contributed by atoms with van der Waals surface area (Å²) in [7, 11) is 0. The number of hydrogen-bond acceptors (Lipinski definition) is 6. The van der Waals surface area contributed by atoms with Crippen molar-refractivity contribution >= 4 is 17.9 Å². The van der Waals surface area contributed by atoms with E-state index in [1.54, 1.807) is 0 Å². The van der Waals surface area contributed by atoms with Gasteiger partial charge in [-0.3, -0.25) is 14.4 Å². The van der Waals surface area contributed by atoms with Crippen molar-refractivity contribution < 1.29 is 28.6 Å². The standard InChI is InChI=1S/C58H94O6/c1-4-7-10-13-16-19-22-25-27-29-31-33-36-39-42-45-48-51-57(60)63-54-55(53-62-56(59)50-47-44-41-38-35-32-24-21-18-15-12-9-6-3)64-58(61)52-49-46-43-40-37-34-30-28-26-23-20-17-14-11-8-5-2/h9,12,15,18,21,24-25,27-28,30-33,35,38-39,41-42,55H,4-8,10-11,13-14,16-17,19-20,22-23,26,29,34,36-37,40,43-54H2,1-3H3/b12-9+,18-15+,24-21+,27-25+,30-28+,33-31+,35-32+,41-38+,42-39+. The summed E-state index contributed by atoms with van der Waals surface area (Å²) in [5, 5.41) is 0. The Morgan fingerprint density at radius 1 is 0.344 bits per heavy atom. The van der Waals surface area contributed by atoms with E-state index in [9.17, 15) is 14.4 Å². The van der Waals surface area contributed by atoms with Gasteiger partial charge in [-0.1, -0.05) is 220 Å². The van der Waals surface area contributed by atoms with Crippen molar-refractivity contribution in [3.8, 4) is 0 Å². The number of unbranched alkanes of at least 4 members (excludes halogenated alkanes) is 20. The van der Waals surface area contributed by atoms with E-state index in [1.807, 2.05) is 54.7 Å². The lowest BCUT2D eigenvalue weighted by Gasteiger charge is -2.18. The lowest BCUT2D eigenvalue weighted by molar-refractivity contribution is -0.167. The van der Waals surface area contributed by atoms with E-state index >= 15 is 0 Å². The first kappa shape index (κ1) is 60.1. The van der Waals surface area contributed by atoms with Crippen LogP contribution in [0.1, 0.15) is 220 Å². The summed E-state index contributed by atoms with van der Waals surface area (Å²) < 4.78 is 16.7. The Balaban J connectivity index is 4.57. The van der Waals surface area contributed by atoms with Gasteiger partial charge in [-0.15, -0.1) is 0 Å². The molecule has 0 rings (SSSR count). The quantitative estimate of drug-likeness (QED) is 0.0199. The molecule has 0 radical (unpaired) electrons. The van der Waals surface area contributed by atoms with Gasteiger partial charge in [0.1, 0.15) is 13.2 Å². The van der Waals surface area contributed by atoms with E-state index in [2.05, 4.69) is 75.5 Å². The third-order valence-electron chi connectivity index (χ3n) is 10.6. The summed E-state index contributed by atoms with van der Waals surface area (Å²) in [5.41, 5.74) is 0. The van der Waals surface area contributed by atoms with Crippen LogP contribution < -0.4 is 0 Å². The molecule has 0 spiro atoms. The molecule has 64 heavy (non-hydrogen) atoms. The van der Waals surface area contributed by atoms with Gasteiger partial charge in [0.25, 0.3) is 0 Å². The molecule has 0 saturated carbocycles. The molecule has 0 saturated heterocycles. The van der Waals surface area contributed by atoms with Gasteiger partial charge < -0.3 is 14.2 Å². The zero-order valence-corrected chi connectivity index (χ0v) is 41.3. The van der Waals surface area contributed by atoms with Crippen molar-refractivity contribution in [1.29, 1.82) is 0 Å². The third-order valence-corrected chi connectivity index (χ3v) is 10.6. The van der Waals surface area contributed by atoms with E-state index in [0.29, 0.717) is 12.8 Å². The molecule has 0 N–H and O–H groups in total. The highest BCUT2D eigenvalue weighted by Crippen LogP contribution is 2.13. The van der Waals surface area contributed by atoms with Gasteiger partial charge in [0.2, 0.25) is 0 Å². The number of ether oxygens (including phenoxy) is 3. The number of hydrogen-bond donors (Lipinski definition) is 0. The zero-order valence-electron chi connectivity index (χ0n) is 41.3. The number of carbonyl (C=O) groups is 3. The first-order valence-electron chi connectivity index (χ1n) is 26.0. The molecular formula is C58H94O6. The van der Waals surface area contributed by atoms with Crippen molar-refractivity contribution in [3.63, 3.8) is 0 Å². The van der Waals surface area contributed by atoms with Gasteiger partial charge in [0.15, 0.2) is 6.10 Å². The van der Waals surface area contributed by atoms with Crippen molar-refractivity contribution in [2.24, 2.45) is 0 Å². The van der Waals surface area contributed by atoms with Crippen LogP contribution in [0.2, 0.25) is 0 Å². The minimum atomic E-state index is -0.832. The molecule has 0 amide bonds. The Hall–Kier alpha value is -3.93. The first-order chi connectivity index (χ1) is 31.5. The Morgan fingerprint density at radius 2 is 0.688 bits per heavy atom. The molecule has 0 aliphatic carbocycles. The number of esters is 3. The minimum absolute atomic E-state index is 0.132. The average Bonchev–Trinajstić information content (AvgIpc) is 3.29. The van der Waals surface area contributed by atoms with Crippen LogP contribution in [0.5, 0.6) is 0 Å². The first-order valence-corrected chi connectivity index (χ1v) is 26.0. The lowest BCUT2D eigenvalue weighted by Crippen LogP contribution is -2.30. The van der Waals surface area contributed by atoms with E-state index in [-0.39, 0.29) is 50.4 Å². The number of carbonyl (C=O) groups excluding carboxylic acids is 3. The lowest BCUT2D eigenvalue weighted by atomic mass is 10.1. The second-order valence-corrected chi connectivity index (χ2v) is 16.8. The number of allylic oxidation sites excluding steroid dienone is 18. The fourth-order valence-electron chi connectivity index (χ4n) is 6.72. The summed E-state index contributed by atoms with van der Waals surface area (Å²) in [5.74, 6) is -1.07. The Labute approximate surface area is 393 Å². The van der Waals surface area contributed by atoms with E-state index < -0.39 is 6.10 Å². The molecule has 0 fully saturated rings. The largest absolute Gasteiger partial charge is 0.462 e. The Morgan fingerprint density at radius 3 is 1.16 bits per heavy atom. The Bertz CT molecular complexity index is 1340. The molecule has 0 heterocycles. The van der Waals surface area contributed by atoms with Crippen LogP contribution in [0, 0.1) is 0 Å². The summed E-state index contributed by atoms with van der Waals surface area (Å²) in [6.07, 6.45) is 69.5. The van der Waals surface area contributed by atoms with Crippen LogP contribution in [-0.2, 0) is 28.6 Å². The minimum Gasteiger partial charge on any atom is -0.462 e. The van der Waals surface area contributed by atoms with Crippen molar-refractivity contribution in [3.05, 3.63) is 109 Å². The summed E-state index contributed by atoms with van der Waals surface area (Å²) in [6.45, 7) is 6.36. The molecule has 362 valence electrons. The average molecular weight is 887 g/mol. The predicted molar refractivity (Wildman–Crippen MR) is 274 cm³/mol. The van der Waals surface area contributed by atoms with Crippen molar-refractivity contribution in [1.82, 2.24) is 0 Å². The second-order valence-electron chi connectivity index (χ2n) is 16.8. The highest BCUT2D eigenvalue weighted by Gasteiger charge is 2.19. The third kappa shape index (κ3) is 49.1. The summed E-state index contributed by atoms with van der Waals surface area (Å²) in [4.78, 5) is 37.9. The molecule has 0 aromatic heterocycles. The fourth-order valence-corrected chi connectivity index (χ4v) is 6.72. The summed E-state index contributed by atoms with van der Waals surface area (Å²) in [6, 6.07) is 0. The highest BCUT2D eigenvalue weighted by atomic mass is 16.6. The SMILES string of the molecule is CC/C=C/C=C/C=C/C=C/C=C/CCCC(=O)OCC(COC(=O)CCC/C=C/C/C=C/C/C=C/CCCCCCCC)OC(=O)CCCCCCC/C=C/CCCCCCCCC. The van der Waals surface area contributed by atoms with Crippen molar-refractivity contribution in [2.75, 3.05) is 13.2 Å². The van der Waals surface area contributed by atoms with Crippen LogP contribution in [0.3, 0.4) is 0 Å². The summed E-state index contributed by atoms with van der Waals surface area (Å²) >= 11 is 0. The smallest absolute Gasteiger partial charge is 0.306 e. The van der Waals surface area contributed by atoms with E-state index in [4.69, 9.17) is 14.2 Å². The van der Waals surface area contributed by atoms with Gasteiger partial charge >= 0.3 is 17.9 Å². The zero-order chi connectivity index (χ0) is 46.5.